The van der Waals surface area contributed by atoms with Gasteiger partial charge in [0, 0.05) is 12.6 Å². The van der Waals surface area contributed by atoms with Gasteiger partial charge < -0.3 is 27.6 Å². The van der Waals surface area contributed by atoms with Crippen LogP contribution in [-0.4, -0.2) is 30.4 Å². The Bertz CT molecular complexity index is 318. The van der Waals surface area contributed by atoms with Crippen molar-refractivity contribution in [3.63, 3.8) is 0 Å². The summed E-state index contributed by atoms with van der Waals surface area (Å²) in [5.74, 6) is 0.809. The largest absolute Gasteiger partial charge is 1.00 e. The number of nitrogens with one attached hydrogen (secondary N) is 1. The van der Waals surface area contributed by atoms with E-state index < -0.39 is 6.10 Å². The van der Waals surface area contributed by atoms with Gasteiger partial charge in [-0.3, -0.25) is 0 Å². The van der Waals surface area contributed by atoms with E-state index in [9.17, 15) is 5.11 Å². The molecule has 0 radical (unpaired) electrons. The Labute approximate surface area is 110 Å². The number of aliphatic hydroxyl groups is 1. The molecule has 98 valence electrons. The summed E-state index contributed by atoms with van der Waals surface area (Å²) in [6.45, 7) is 7.00. The Hall–Kier alpha value is -0.770. The van der Waals surface area contributed by atoms with Crippen LogP contribution in [0.15, 0.2) is 24.3 Å². The second-order valence-electron chi connectivity index (χ2n) is 4.34. The van der Waals surface area contributed by atoms with Crippen molar-refractivity contribution in [1.82, 2.24) is 5.32 Å². The molecule has 0 aromatic heterocycles. The molecule has 0 bridgehead atoms. The zero-order valence-corrected chi connectivity index (χ0v) is 11.4. The highest BCUT2D eigenvalue weighted by Crippen LogP contribution is 2.12. The van der Waals surface area contributed by atoms with Crippen molar-refractivity contribution >= 4 is 0 Å². The molecule has 17 heavy (non-hydrogen) atoms. The molecule has 1 aromatic carbocycles. The van der Waals surface area contributed by atoms with Crippen LogP contribution in [0.25, 0.3) is 0 Å². The maximum atomic E-state index is 9.64. The molecule has 0 aliphatic heterocycles. The number of rotatable bonds is 6. The number of halogens is 1. The fraction of sp³-hybridized carbons (Fsp3) is 0.538. The topological polar surface area (TPSA) is 41.5 Å². The predicted octanol–water partition coefficient (Wildman–Crippen LogP) is -1.26. The SMILES string of the molecule is Cc1cccc(OCC(O)CNC(C)C)c1.[Cl-]. The summed E-state index contributed by atoms with van der Waals surface area (Å²) in [7, 11) is 0. The molecule has 2 N–H and O–H groups in total. The number of benzene rings is 1. The van der Waals surface area contributed by atoms with Crippen molar-refractivity contribution in [2.45, 2.75) is 32.9 Å². The molecule has 3 nitrogen and oxygen atoms in total. The van der Waals surface area contributed by atoms with Crippen LogP contribution in [0.4, 0.5) is 0 Å². The van der Waals surface area contributed by atoms with Crippen molar-refractivity contribution in [2.24, 2.45) is 0 Å². The Morgan fingerprint density at radius 3 is 2.65 bits per heavy atom. The first-order valence-electron chi connectivity index (χ1n) is 5.69. The monoisotopic (exact) mass is 258 g/mol. The maximum Gasteiger partial charge on any atom is 0.119 e. The van der Waals surface area contributed by atoms with E-state index in [1.54, 1.807) is 0 Å². The first-order valence-corrected chi connectivity index (χ1v) is 5.69. The summed E-state index contributed by atoms with van der Waals surface area (Å²) in [4.78, 5) is 0. The van der Waals surface area contributed by atoms with Crippen molar-refractivity contribution in [2.75, 3.05) is 13.2 Å². The third-order valence-electron chi connectivity index (χ3n) is 2.19. The second-order valence-corrected chi connectivity index (χ2v) is 4.34. The molecule has 1 aromatic rings. The average molecular weight is 259 g/mol. The third kappa shape index (κ3) is 7.21. The van der Waals surface area contributed by atoms with Crippen LogP contribution >= 0.6 is 0 Å². The van der Waals surface area contributed by atoms with Crippen molar-refractivity contribution in [3.8, 4) is 5.75 Å². The minimum Gasteiger partial charge on any atom is -1.00 e. The van der Waals surface area contributed by atoms with Crippen LogP contribution < -0.4 is 22.5 Å². The number of ether oxygens (including phenoxy) is 1. The van der Waals surface area contributed by atoms with E-state index in [1.807, 2.05) is 45.0 Å². The van der Waals surface area contributed by atoms with Gasteiger partial charge in [0.2, 0.25) is 0 Å². The van der Waals surface area contributed by atoms with Crippen LogP contribution in [0.5, 0.6) is 5.75 Å². The van der Waals surface area contributed by atoms with Crippen LogP contribution in [0.3, 0.4) is 0 Å². The fourth-order valence-electron chi connectivity index (χ4n) is 1.33. The second kappa shape index (κ2) is 8.34. The van der Waals surface area contributed by atoms with E-state index in [0.717, 1.165) is 11.3 Å². The van der Waals surface area contributed by atoms with Gasteiger partial charge in [-0.05, 0) is 24.6 Å². The highest BCUT2D eigenvalue weighted by molar-refractivity contribution is 5.27. The first-order chi connectivity index (χ1) is 7.58. The van der Waals surface area contributed by atoms with Gasteiger partial charge in [0.1, 0.15) is 18.5 Å². The smallest absolute Gasteiger partial charge is 0.119 e. The zero-order valence-electron chi connectivity index (χ0n) is 10.6. The summed E-state index contributed by atoms with van der Waals surface area (Å²) in [5, 5.41) is 12.8. The lowest BCUT2D eigenvalue weighted by Gasteiger charge is -2.15. The summed E-state index contributed by atoms with van der Waals surface area (Å²) in [5.41, 5.74) is 1.16. The molecular formula is C13H21ClNO2-. The molecule has 1 rings (SSSR count). The van der Waals surface area contributed by atoms with Gasteiger partial charge in [-0.2, -0.15) is 0 Å². The van der Waals surface area contributed by atoms with Crippen LogP contribution in [0.2, 0.25) is 0 Å². The van der Waals surface area contributed by atoms with Gasteiger partial charge in [-0.25, -0.2) is 0 Å². The van der Waals surface area contributed by atoms with Gasteiger partial charge >= 0.3 is 0 Å². The quantitative estimate of drug-likeness (QED) is 0.669. The van der Waals surface area contributed by atoms with E-state index in [0.29, 0.717) is 19.2 Å². The molecule has 0 spiro atoms. The van der Waals surface area contributed by atoms with Gasteiger partial charge in [0.25, 0.3) is 0 Å². The standard InChI is InChI=1S/C13H21NO2.ClH/c1-10(2)14-8-12(15)9-16-13-6-4-5-11(3)7-13;/h4-7,10,12,14-15H,8-9H2,1-3H3;1H/p-1. The van der Waals surface area contributed by atoms with Crippen molar-refractivity contribution in [3.05, 3.63) is 29.8 Å². The third-order valence-corrected chi connectivity index (χ3v) is 2.19. The van der Waals surface area contributed by atoms with Crippen molar-refractivity contribution < 1.29 is 22.3 Å². The Morgan fingerprint density at radius 2 is 2.06 bits per heavy atom. The Balaban J connectivity index is 0.00000256. The molecule has 0 saturated heterocycles. The number of hydrogen-bond acceptors (Lipinski definition) is 3. The molecule has 1 atom stereocenters. The minimum atomic E-state index is -0.470. The van der Waals surface area contributed by atoms with Gasteiger partial charge in [-0.15, -0.1) is 0 Å². The van der Waals surface area contributed by atoms with Gasteiger partial charge in [-0.1, -0.05) is 26.0 Å². The van der Waals surface area contributed by atoms with E-state index in [4.69, 9.17) is 4.74 Å². The lowest BCUT2D eigenvalue weighted by molar-refractivity contribution is -0.00000536. The maximum absolute atomic E-state index is 9.64. The molecular weight excluding hydrogens is 238 g/mol. The Kier molecular flexibility index (Phi) is 7.96. The van der Waals surface area contributed by atoms with Crippen molar-refractivity contribution in [1.29, 1.82) is 0 Å². The molecule has 0 saturated carbocycles. The number of aryl methyl sites for hydroxylation is 1. The zero-order chi connectivity index (χ0) is 12.0. The summed E-state index contributed by atoms with van der Waals surface area (Å²) in [6, 6.07) is 8.21. The van der Waals surface area contributed by atoms with Crippen LogP contribution in [0.1, 0.15) is 19.4 Å². The normalized spacial score (nSPS) is 12.1. The van der Waals surface area contributed by atoms with Gasteiger partial charge in [0.15, 0.2) is 0 Å². The van der Waals surface area contributed by atoms with Crippen LogP contribution in [0, 0.1) is 6.92 Å². The Morgan fingerprint density at radius 1 is 1.35 bits per heavy atom. The predicted molar refractivity (Wildman–Crippen MR) is 65.8 cm³/mol. The minimum absolute atomic E-state index is 0. The highest BCUT2D eigenvalue weighted by Gasteiger charge is 2.05. The number of hydrogen-bond donors (Lipinski definition) is 2. The summed E-state index contributed by atoms with van der Waals surface area (Å²) < 4.78 is 5.49. The molecule has 4 heteroatoms. The summed E-state index contributed by atoms with van der Waals surface area (Å²) >= 11 is 0. The number of aliphatic hydroxyl groups excluding tert-OH is 1. The molecule has 0 amide bonds. The average Bonchev–Trinajstić information content (AvgIpc) is 2.23. The van der Waals surface area contributed by atoms with E-state index >= 15 is 0 Å². The fourth-order valence-corrected chi connectivity index (χ4v) is 1.33. The molecule has 0 aliphatic carbocycles. The summed E-state index contributed by atoms with van der Waals surface area (Å²) in [6.07, 6.45) is -0.470. The first kappa shape index (κ1) is 16.2. The van der Waals surface area contributed by atoms with Gasteiger partial charge in [0.05, 0.1) is 0 Å². The molecule has 0 aliphatic rings. The highest BCUT2D eigenvalue weighted by atomic mass is 35.5. The van der Waals surface area contributed by atoms with E-state index in [-0.39, 0.29) is 12.4 Å². The van der Waals surface area contributed by atoms with E-state index in [2.05, 4.69) is 5.32 Å². The molecule has 0 heterocycles. The molecule has 1 unspecified atom stereocenters. The van der Waals surface area contributed by atoms with Crippen LogP contribution in [-0.2, 0) is 0 Å². The molecule has 0 fully saturated rings. The van der Waals surface area contributed by atoms with E-state index in [1.165, 1.54) is 0 Å². The lowest BCUT2D eigenvalue weighted by Crippen LogP contribution is -3.00. The lowest BCUT2D eigenvalue weighted by atomic mass is 10.2.